The molecule has 1 fully saturated rings. The highest BCUT2D eigenvalue weighted by molar-refractivity contribution is 5.22. The molecule has 0 unspecified atom stereocenters. The van der Waals surface area contributed by atoms with Crippen molar-refractivity contribution < 1.29 is 0 Å². The van der Waals surface area contributed by atoms with E-state index in [0.717, 1.165) is 25.4 Å². The third-order valence-electron chi connectivity index (χ3n) is 3.03. The first-order chi connectivity index (χ1) is 6.90. The van der Waals surface area contributed by atoms with E-state index in [-0.39, 0.29) is 0 Å². The van der Waals surface area contributed by atoms with Crippen molar-refractivity contribution >= 4 is 0 Å². The van der Waals surface area contributed by atoms with Crippen LogP contribution in [-0.2, 0) is 6.42 Å². The van der Waals surface area contributed by atoms with Gasteiger partial charge in [0.15, 0.2) is 0 Å². The van der Waals surface area contributed by atoms with E-state index in [1.807, 2.05) is 12.4 Å². The molecule has 0 atom stereocenters. The highest BCUT2D eigenvalue weighted by Crippen LogP contribution is 2.24. The fourth-order valence-corrected chi connectivity index (χ4v) is 2.08. The number of hydrogen-bond donors (Lipinski definition) is 1. The van der Waals surface area contributed by atoms with Gasteiger partial charge in [-0.2, -0.15) is 0 Å². The third kappa shape index (κ3) is 2.13. The number of pyridine rings is 1. The predicted octanol–water partition coefficient (Wildman–Crippen LogP) is 2.11. The monoisotopic (exact) mass is 190 g/mol. The van der Waals surface area contributed by atoms with Gasteiger partial charge in [0, 0.05) is 12.4 Å². The molecule has 1 aromatic rings. The van der Waals surface area contributed by atoms with Crippen LogP contribution in [0.5, 0.6) is 0 Å². The zero-order valence-corrected chi connectivity index (χ0v) is 8.79. The van der Waals surface area contributed by atoms with Gasteiger partial charge in [-0.1, -0.05) is 13.0 Å². The van der Waals surface area contributed by atoms with Crippen LogP contribution >= 0.6 is 0 Å². The lowest BCUT2D eigenvalue weighted by Crippen LogP contribution is -2.26. The van der Waals surface area contributed by atoms with E-state index in [2.05, 4.69) is 23.3 Å². The Hall–Kier alpha value is -0.890. The first kappa shape index (κ1) is 9.66. The van der Waals surface area contributed by atoms with Crippen LogP contribution in [0.15, 0.2) is 18.5 Å². The SMILES string of the molecule is CCc1cncc(C2CCNCC2)c1. The minimum Gasteiger partial charge on any atom is -0.317 e. The van der Waals surface area contributed by atoms with E-state index < -0.39 is 0 Å². The van der Waals surface area contributed by atoms with Gasteiger partial charge >= 0.3 is 0 Å². The number of piperidine rings is 1. The quantitative estimate of drug-likeness (QED) is 0.772. The van der Waals surface area contributed by atoms with Crippen molar-refractivity contribution in [3.8, 4) is 0 Å². The molecule has 2 heterocycles. The van der Waals surface area contributed by atoms with E-state index in [9.17, 15) is 0 Å². The molecular weight excluding hydrogens is 172 g/mol. The molecule has 2 rings (SSSR count). The van der Waals surface area contributed by atoms with E-state index in [4.69, 9.17) is 0 Å². The van der Waals surface area contributed by atoms with Gasteiger partial charge in [0.1, 0.15) is 0 Å². The highest BCUT2D eigenvalue weighted by atomic mass is 14.9. The number of aromatic nitrogens is 1. The van der Waals surface area contributed by atoms with Gasteiger partial charge in [0.25, 0.3) is 0 Å². The summed E-state index contributed by atoms with van der Waals surface area (Å²) in [7, 11) is 0. The maximum atomic E-state index is 4.31. The molecule has 0 spiro atoms. The molecule has 0 bridgehead atoms. The summed E-state index contributed by atoms with van der Waals surface area (Å²) in [6.45, 7) is 4.49. The van der Waals surface area contributed by atoms with Gasteiger partial charge in [0.2, 0.25) is 0 Å². The number of nitrogens with zero attached hydrogens (tertiary/aromatic N) is 1. The van der Waals surface area contributed by atoms with Crippen LogP contribution in [0.4, 0.5) is 0 Å². The molecule has 2 heteroatoms. The highest BCUT2D eigenvalue weighted by Gasteiger charge is 2.15. The van der Waals surface area contributed by atoms with Crippen LogP contribution in [0.25, 0.3) is 0 Å². The van der Waals surface area contributed by atoms with E-state index in [1.165, 1.54) is 24.0 Å². The van der Waals surface area contributed by atoms with Crippen LogP contribution in [0.2, 0.25) is 0 Å². The average Bonchev–Trinajstić information content (AvgIpc) is 2.30. The Balaban J connectivity index is 2.13. The van der Waals surface area contributed by atoms with Gasteiger partial charge in [-0.3, -0.25) is 4.98 Å². The van der Waals surface area contributed by atoms with Crippen molar-refractivity contribution in [1.82, 2.24) is 10.3 Å². The number of hydrogen-bond acceptors (Lipinski definition) is 2. The largest absolute Gasteiger partial charge is 0.317 e. The molecule has 2 nitrogen and oxygen atoms in total. The normalized spacial score (nSPS) is 18.4. The average molecular weight is 190 g/mol. The van der Waals surface area contributed by atoms with Gasteiger partial charge < -0.3 is 5.32 Å². The van der Waals surface area contributed by atoms with Gasteiger partial charge in [0.05, 0.1) is 0 Å². The molecule has 0 aromatic carbocycles. The number of rotatable bonds is 2. The Morgan fingerprint density at radius 3 is 2.86 bits per heavy atom. The van der Waals surface area contributed by atoms with Crippen molar-refractivity contribution in [3.05, 3.63) is 29.6 Å². The minimum absolute atomic E-state index is 0.732. The molecule has 1 N–H and O–H groups in total. The maximum absolute atomic E-state index is 4.31. The van der Waals surface area contributed by atoms with Crippen LogP contribution in [0.3, 0.4) is 0 Å². The fourth-order valence-electron chi connectivity index (χ4n) is 2.08. The van der Waals surface area contributed by atoms with E-state index >= 15 is 0 Å². The molecule has 1 aliphatic rings. The number of nitrogens with one attached hydrogen (secondary N) is 1. The van der Waals surface area contributed by atoms with Crippen molar-refractivity contribution in [2.45, 2.75) is 32.1 Å². The topological polar surface area (TPSA) is 24.9 Å². The maximum Gasteiger partial charge on any atom is 0.0302 e. The van der Waals surface area contributed by atoms with E-state index in [1.54, 1.807) is 0 Å². The Kier molecular flexibility index (Phi) is 3.14. The standard InChI is InChI=1S/C12H18N2/c1-2-10-7-12(9-14-8-10)11-3-5-13-6-4-11/h7-9,11,13H,2-6H2,1H3. The molecule has 0 aliphatic carbocycles. The van der Waals surface area contributed by atoms with Crippen molar-refractivity contribution in [3.63, 3.8) is 0 Å². The van der Waals surface area contributed by atoms with Crippen molar-refractivity contribution in [2.75, 3.05) is 13.1 Å². The lowest BCUT2D eigenvalue weighted by molar-refractivity contribution is 0.459. The first-order valence-corrected chi connectivity index (χ1v) is 5.54. The number of aryl methyl sites for hydroxylation is 1. The Morgan fingerprint density at radius 2 is 2.14 bits per heavy atom. The molecule has 1 aliphatic heterocycles. The second-order valence-electron chi connectivity index (χ2n) is 4.00. The smallest absolute Gasteiger partial charge is 0.0302 e. The first-order valence-electron chi connectivity index (χ1n) is 5.54. The molecule has 1 aromatic heterocycles. The molecule has 14 heavy (non-hydrogen) atoms. The molecular formula is C12H18N2. The Morgan fingerprint density at radius 1 is 1.36 bits per heavy atom. The summed E-state index contributed by atoms with van der Waals surface area (Å²) in [5.74, 6) is 0.732. The summed E-state index contributed by atoms with van der Waals surface area (Å²) < 4.78 is 0. The summed E-state index contributed by atoms with van der Waals surface area (Å²) >= 11 is 0. The van der Waals surface area contributed by atoms with Gasteiger partial charge in [-0.05, 0) is 49.4 Å². The zero-order chi connectivity index (χ0) is 9.80. The second kappa shape index (κ2) is 4.56. The summed E-state index contributed by atoms with van der Waals surface area (Å²) in [6, 6.07) is 2.32. The predicted molar refractivity (Wildman–Crippen MR) is 58.5 cm³/mol. The van der Waals surface area contributed by atoms with Crippen LogP contribution in [0.1, 0.15) is 36.8 Å². The Bertz CT molecular complexity index is 290. The zero-order valence-electron chi connectivity index (χ0n) is 8.79. The molecule has 1 saturated heterocycles. The lowest BCUT2D eigenvalue weighted by atomic mass is 9.90. The van der Waals surface area contributed by atoms with E-state index in [0.29, 0.717) is 0 Å². The van der Waals surface area contributed by atoms with Gasteiger partial charge in [-0.25, -0.2) is 0 Å². The lowest BCUT2D eigenvalue weighted by Gasteiger charge is -2.22. The third-order valence-corrected chi connectivity index (χ3v) is 3.03. The second-order valence-corrected chi connectivity index (χ2v) is 4.00. The Labute approximate surface area is 85.7 Å². The van der Waals surface area contributed by atoms with Gasteiger partial charge in [-0.15, -0.1) is 0 Å². The van der Waals surface area contributed by atoms with Crippen molar-refractivity contribution in [2.24, 2.45) is 0 Å². The fraction of sp³-hybridized carbons (Fsp3) is 0.583. The molecule has 76 valence electrons. The van der Waals surface area contributed by atoms with Crippen LogP contribution in [0, 0.1) is 0 Å². The minimum atomic E-state index is 0.732. The summed E-state index contributed by atoms with van der Waals surface area (Å²) in [5, 5.41) is 3.39. The van der Waals surface area contributed by atoms with Crippen LogP contribution in [-0.4, -0.2) is 18.1 Å². The summed E-state index contributed by atoms with van der Waals surface area (Å²) in [5.41, 5.74) is 2.80. The molecule has 0 amide bonds. The molecule has 0 radical (unpaired) electrons. The molecule has 0 saturated carbocycles. The van der Waals surface area contributed by atoms with Crippen LogP contribution < -0.4 is 5.32 Å². The summed E-state index contributed by atoms with van der Waals surface area (Å²) in [4.78, 5) is 4.31. The summed E-state index contributed by atoms with van der Waals surface area (Å²) in [6.07, 6.45) is 7.62. The van der Waals surface area contributed by atoms with Crippen molar-refractivity contribution in [1.29, 1.82) is 0 Å².